The van der Waals surface area contributed by atoms with Gasteiger partial charge in [0, 0.05) is 11.1 Å². The van der Waals surface area contributed by atoms with Gasteiger partial charge in [0.05, 0.1) is 12.6 Å². The summed E-state index contributed by atoms with van der Waals surface area (Å²) in [5, 5.41) is 16.4. The van der Waals surface area contributed by atoms with Crippen LogP contribution >= 0.6 is 0 Å². The molecule has 216 valence electrons. The van der Waals surface area contributed by atoms with Crippen molar-refractivity contribution in [1.29, 1.82) is 0 Å². The standard InChI is InChI=1S/C31H38FN7O2/c1-19(2)27(21-6-8-22(9-7-21)28(40)33-18-25-35-37-38-36-25)39-29(41)26(20-10-12-24(32)13-11-20)34-31(39)16-14-23(15-17-31)30(3,4)5/h6-13,19,23,27H,14-18H2,1-5H3,(H,33,40)(H,35,36,37,38). The van der Waals surface area contributed by atoms with E-state index < -0.39 is 5.66 Å². The van der Waals surface area contributed by atoms with Crippen molar-refractivity contribution in [3.05, 3.63) is 76.9 Å². The lowest BCUT2D eigenvalue weighted by atomic mass is 9.69. The Bertz CT molecular complexity index is 1400. The largest absolute Gasteiger partial charge is 0.345 e. The van der Waals surface area contributed by atoms with E-state index >= 15 is 0 Å². The third-order valence-electron chi connectivity index (χ3n) is 8.54. The zero-order chi connectivity index (χ0) is 29.4. The smallest absolute Gasteiger partial charge is 0.275 e. The van der Waals surface area contributed by atoms with Crippen molar-refractivity contribution in [2.45, 2.75) is 78.6 Å². The normalized spacial score (nSPS) is 21.8. The van der Waals surface area contributed by atoms with Crippen LogP contribution in [0.5, 0.6) is 0 Å². The minimum Gasteiger partial charge on any atom is -0.345 e. The Balaban J connectivity index is 1.46. The van der Waals surface area contributed by atoms with Crippen LogP contribution in [0.15, 0.2) is 53.5 Å². The predicted molar refractivity (Wildman–Crippen MR) is 153 cm³/mol. The van der Waals surface area contributed by atoms with Gasteiger partial charge in [-0.05, 0) is 84.9 Å². The molecule has 1 aliphatic carbocycles. The Morgan fingerprint density at radius 1 is 1.10 bits per heavy atom. The maximum atomic E-state index is 14.3. The van der Waals surface area contributed by atoms with Crippen molar-refractivity contribution >= 4 is 17.5 Å². The molecule has 1 aromatic heterocycles. The Morgan fingerprint density at radius 3 is 2.32 bits per heavy atom. The van der Waals surface area contributed by atoms with Crippen molar-refractivity contribution in [2.24, 2.45) is 22.2 Å². The molecule has 1 spiro atoms. The molecule has 2 heterocycles. The van der Waals surface area contributed by atoms with Gasteiger partial charge in [0.1, 0.15) is 17.2 Å². The third kappa shape index (κ3) is 5.78. The zero-order valence-electron chi connectivity index (χ0n) is 24.3. The van der Waals surface area contributed by atoms with E-state index in [9.17, 15) is 14.0 Å². The molecule has 1 aliphatic heterocycles. The molecule has 1 fully saturated rings. The number of aromatic nitrogens is 4. The van der Waals surface area contributed by atoms with Gasteiger partial charge < -0.3 is 10.2 Å². The van der Waals surface area contributed by atoms with Crippen LogP contribution in [0.4, 0.5) is 4.39 Å². The summed E-state index contributed by atoms with van der Waals surface area (Å²) < 4.78 is 13.7. The van der Waals surface area contributed by atoms with Crippen molar-refractivity contribution in [3.8, 4) is 0 Å². The highest BCUT2D eigenvalue weighted by molar-refractivity contribution is 6.46. The summed E-state index contributed by atoms with van der Waals surface area (Å²) in [6, 6.07) is 13.2. The molecule has 2 aliphatic rings. The third-order valence-corrected chi connectivity index (χ3v) is 8.54. The molecule has 5 rings (SSSR count). The van der Waals surface area contributed by atoms with Crippen molar-refractivity contribution in [3.63, 3.8) is 0 Å². The summed E-state index contributed by atoms with van der Waals surface area (Å²) in [7, 11) is 0. The topological polar surface area (TPSA) is 116 Å². The highest BCUT2D eigenvalue weighted by Crippen LogP contribution is 2.50. The molecule has 0 saturated heterocycles. The van der Waals surface area contributed by atoms with E-state index in [0.717, 1.165) is 31.2 Å². The average molecular weight is 560 g/mol. The van der Waals surface area contributed by atoms with Crippen LogP contribution in [0.2, 0.25) is 0 Å². The van der Waals surface area contributed by atoms with Gasteiger partial charge in [0.2, 0.25) is 0 Å². The number of halogens is 1. The molecular weight excluding hydrogens is 521 g/mol. The van der Waals surface area contributed by atoms with Crippen molar-refractivity contribution in [1.82, 2.24) is 30.8 Å². The fourth-order valence-electron chi connectivity index (χ4n) is 6.28. The van der Waals surface area contributed by atoms with Crippen LogP contribution < -0.4 is 5.32 Å². The minimum atomic E-state index is -0.669. The molecular formula is C31H38FN7O2. The molecule has 0 radical (unpaired) electrons. The van der Waals surface area contributed by atoms with Crippen LogP contribution in [0, 0.1) is 23.1 Å². The number of nitrogens with one attached hydrogen (secondary N) is 2. The molecule has 1 saturated carbocycles. The molecule has 2 aromatic carbocycles. The number of hydrogen-bond acceptors (Lipinski definition) is 6. The lowest BCUT2D eigenvalue weighted by molar-refractivity contribution is -0.135. The van der Waals surface area contributed by atoms with Gasteiger partial charge >= 0.3 is 0 Å². The van der Waals surface area contributed by atoms with E-state index in [1.165, 1.54) is 12.1 Å². The minimum absolute atomic E-state index is 0.0804. The van der Waals surface area contributed by atoms with Crippen molar-refractivity contribution < 1.29 is 14.0 Å². The lowest BCUT2D eigenvalue weighted by Crippen LogP contribution is -2.52. The number of hydrogen-bond donors (Lipinski definition) is 2. The predicted octanol–water partition coefficient (Wildman–Crippen LogP) is 5.23. The second-order valence-electron chi connectivity index (χ2n) is 12.6. The first kappa shape index (κ1) is 28.6. The van der Waals surface area contributed by atoms with Gasteiger partial charge in [0.25, 0.3) is 11.8 Å². The molecule has 2 amide bonds. The first-order valence-corrected chi connectivity index (χ1v) is 14.3. The summed E-state index contributed by atoms with van der Waals surface area (Å²) in [6.07, 6.45) is 3.48. The maximum Gasteiger partial charge on any atom is 0.275 e. The number of benzene rings is 2. The molecule has 0 bridgehead atoms. The molecule has 3 aromatic rings. The van der Waals surface area contributed by atoms with Crippen LogP contribution in [-0.2, 0) is 11.3 Å². The summed E-state index contributed by atoms with van der Waals surface area (Å²) in [5.74, 6) is 0.282. The van der Waals surface area contributed by atoms with Gasteiger partial charge in [-0.2, -0.15) is 5.21 Å². The summed E-state index contributed by atoms with van der Waals surface area (Å²) in [6.45, 7) is 11.2. The monoisotopic (exact) mass is 559 g/mol. The first-order valence-electron chi connectivity index (χ1n) is 14.3. The number of H-pyrrole nitrogens is 1. The number of amides is 2. The Hall–Kier alpha value is -3.95. The molecule has 10 heteroatoms. The summed E-state index contributed by atoms with van der Waals surface area (Å²) in [4.78, 5) is 34.1. The average Bonchev–Trinajstić information content (AvgIpc) is 3.55. The Labute approximate surface area is 240 Å². The quantitative estimate of drug-likeness (QED) is 0.411. The number of rotatable bonds is 7. The number of nitrogens with zero attached hydrogens (tertiary/aromatic N) is 5. The summed E-state index contributed by atoms with van der Waals surface area (Å²) in [5.41, 5.74) is 1.97. The van der Waals surface area contributed by atoms with Crippen molar-refractivity contribution in [2.75, 3.05) is 0 Å². The van der Waals surface area contributed by atoms with E-state index in [1.54, 1.807) is 24.3 Å². The SMILES string of the molecule is CC(C)C(c1ccc(C(=O)NCc2nn[nH]n2)cc1)N1C(=O)C(c2ccc(F)cc2)=NC12CCC(C(C)(C)C)CC2. The Kier molecular flexibility index (Phi) is 7.76. The van der Waals surface area contributed by atoms with Gasteiger partial charge in [-0.15, -0.1) is 10.2 Å². The highest BCUT2D eigenvalue weighted by Gasteiger charge is 2.53. The van der Waals surface area contributed by atoms with Gasteiger partial charge in [0.15, 0.2) is 5.82 Å². The fourth-order valence-corrected chi connectivity index (χ4v) is 6.28. The van der Waals surface area contributed by atoms with Crippen LogP contribution in [0.25, 0.3) is 0 Å². The summed E-state index contributed by atoms with van der Waals surface area (Å²) >= 11 is 0. The molecule has 41 heavy (non-hydrogen) atoms. The number of aliphatic imine (C=N–C) groups is 1. The first-order chi connectivity index (χ1) is 19.5. The number of carbonyl (C=O) groups excluding carboxylic acids is 2. The molecule has 1 atom stereocenters. The van der Waals surface area contributed by atoms with Crippen LogP contribution in [0.3, 0.4) is 0 Å². The fraction of sp³-hybridized carbons (Fsp3) is 0.484. The van der Waals surface area contributed by atoms with E-state index in [-0.39, 0.29) is 41.6 Å². The van der Waals surface area contributed by atoms with E-state index in [0.29, 0.717) is 28.6 Å². The van der Waals surface area contributed by atoms with Gasteiger partial charge in [-0.25, -0.2) is 4.39 Å². The number of aromatic amines is 1. The van der Waals surface area contributed by atoms with Crippen LogP contribution in [0.1, 0.15) is 93.7 Å². The number of tetrazole rings is 1. The molecule has 2 N–H and O–H groups in total. The van der Waals surface area contributed by atoms with E-state index in [1.807, 2.05) is 17.0 Å². The van der Waals surface area contributed by atoms with Crippen LogP contribution in [-0.4, -0.2) is 48.7 Å². The van der Waals surface area contributed by atoms with Gasteiger partial charge in [-0.1, -0.05) is 52.0 Å². The maximum absolute atomic E-state index is 14.3. The van der Waals surface area contributed by atoms with E-state index in [4.69, 9.17) is 4.99 Å². The molecule has 1 unspecified atom stereocenters. The number of carbonyl (C=O) groups is 2. The Morgan fingerprint density at radius 2 is 1.76 bits per heavy atom. The molecule has 9 nitrogen and oxygen atoms in total. The second kappa shape index (κ2) is 11.1. The lowest BCUT2D eigenvalue weighted by Gasteiger charge is -2.48. The van der Waals surface area contributed by atoms with E-state index in [2.05, 4.69) is 60.6 Å². The second-order valence-corrected chi connectivity index (χ2v) is 12.6. The zero-order valence-corrected chi connectivity index (χ0v) is 24.3. The highest BCUT2D eigenvalue weighted by atomic mass is 19.1. The van der Waals surface area contributed by atoms with Gasteiger partial charge in [-0.3, -0.25) is 14.6 Å².